The van der Waals surface area contributed by atoms with Crippen molar-refractivity contribution in [2.75, 3.05) is 19.8 Å². The zero-order chi connectivity index (χ0) is 12.8. The summed E-state index contributed by atoms with van der Waals surface area (Å²) < 4.78 is 9.96. The molecule has 0 saturated carbocycles. The van der Waals surface area contributed by atoms with Crippen LogP contribution in [0.25, 0.3) is 0 Å². The first-order valence-corrected chi connectivity index (χ1v) is 5.86. The highest BCUT2D eigenvalue weighted by Crippen LogP contribution is 2.13. The minimum atomic E-state index is -1.25. The number of esters is 1. The van der Waals surface area contributed by atoms with E-state index >= 15 is 0 Å². The van der Waals surface area contributed by atoms with Gasteiger partial charge in [-0.25, -0.2) is 4.79 Å². The number of nitrogens with one attached hydrogen (secondary N) is 1. The number of carbonyl (C=O) groups is 2. The predicted octanol–water partition coefficient (Wildman–Crippen LogP) is -0.582. The summed E-state index contributed by atoms with van der Waals surface area (Å²) in [6, 6.07) is -1.23. The van der Waals surface area contributed by atoms with E-state index in [1.807, 2.05) is 6.92 Å². The predicted molar refractivity (Wildman–Crippen MR) is 61.1 cm³/mol. The molecule has 1 amide bonds. The zero-order valence-corrected chi connectivity index (χ0v) is 10.3. The quantitative estimate of drug-likeness (QED) is 0.510. The lowest BCUT2D eigenvalue weighted by Crippen LogP contribution is -2.53. The van der Waals surface area contributed by atoms with Crippen LogP contribution < -0.4 is 11.1 Å². The molecule has 3 N–H and O–H groups in total. The molecule has 0 bridgehead atoms. The lowest BCUT2D eigenvalue weighted by atomic mass is 9.97. The maximum absolute atomic E-state index is 11.7. The SMILES string of the molecule is CCOC(=O)C(N)C(=O)NC1CCOCC1C. The number of rotatable bonds is 4. The molecule has 1 aliphatic rings. The van der Waals surface area contributed by atoms with Crippen molar-refractivity contribution in [2.45, 2.75) is 32.4 Å². The summed E-state index contributed by atoms with van der Waals surface area (Å²) >= 11 is 0. The molecular weight excluding hydrogens is 224 g/mol. The third kappa shape index (κ3) is 3.98. The highest BCUT2D eigenvalue weighted by Gasteiger charge is 2.29. The summed E-state index contributed by atoms with van der Waals surface area (Å²) in [6.07, 6.45) is 0.739. The van der Waals surface area contributed by atoms with Crippen LogP contribution in [0.4, 0.5) is 0 Å². The number of hydrogen-bond donors (Lipinski definition) is 2. The highest BCUT2D eigenvalue weighted by atomic mass is 16.5. The van der Waals surface area contributed by atoms with Crippen LogP contribution in [0.15, 0.2) is 0 Å². The van der Waals surface area contributed by atoms with Gasteiger partial charge in [-0.15, -0.1) is 0 Å². The molecule has 0 aromatic heterocycles. The smallest absolute Gasteiger partial charge is 0.332 e. The fourth-order valence-electron chi connectivity index (χ4n) is 1.71. The fourth-order valence-corrected chi connectivity index (χ4v) is 1.71. The Morgan fingerprint density at radius 1 is 1.59 bits per heavy atom. The van der Waals surface area contributed by atoms with Crippen molar-refractivity contribution in [3.05, 3.63) is 0 Å². The van der Waals surface area contributed by atoms with E-state index in [4.69, 9.17) is 15.2 Å². The standard InChI is InChI=1S/C11H20N2O4/c1-3-17-11(15)9(12)10(14)13-8-4-5-16-6-7(8)2/h7-9H,3-6,12H2,1-2H3,(H,13,14). The van der Waals surface area contributed by atoms with Crippen molar-refractivity contribution in [3.63, 3.8) is 0 Å². The van der Waals surface area contributed by atoms with Gasteiger partial charge < -0.3 is 20.5 Å². The second-order valence-electron chi connectivity index (χ2n) is 4.19. The first kappa shape index (κ1) is 13.9. The van der Waals surface area contributed by atoms with E-state index in [2.05, 4.69) is 5.32 Å². The van der Waals surface area contributed by atoms with Crippen molar-refractivity contribution in [3.8, 4) is 0 Å². The number of nitrogens with two attached hydrogens (primary N) is 1. The number of amides is 1. The molecule has 0 aromatic rings. The molecule has 0 aliphatic carbocycles. The average Bonchev–Trinajstić information content (AvgIpc) is 2.31. The van der Waals surface area contributed by atoms with Gasteiger partial charge in [-0.2, -0.15) is 0 Å². The van der Waals surface area contributed by atoms with Crippen LogP contribution in [0.3, 0.4) is 0 Å². The first-order valence-electron chi connectivity index (χ1n) is 5.86. The van der Waals surface area contributed by atoms with Crippen LogP contribution in [0, 0.1) is 5.92 Å². The third-order valence-electron chi connectivity index (χ3n) is 2.79. The number of ether oxygens (including phenoxy) is 2. The van der Waals surface area contributed by atoms with Crippen molar-refractivity contribution < 1.29 is 19.1 Å². The molecule has 1 saturated heterocycles. The number of hydrogen-bond acceptors (Lipinski definition) is 5. The molecule has 6 heteroatoms. The molecule has 1 fully saturated rings. The molecule has 3 unspecified atom stereocenters. The van der Waals surface area contributed by atoms with Gasteiger partial charge in [0.05, 0.1) is 13.2 Å². The first-order chi connectivity index (χ1) is 8.06. The van der Waals surface area contributed by atoms with Gasteiger partial charge in [-0.3, -0.25) is 4.79 Å². The molecule has 0 radical (unpaired) electrons. The molecule has 1 aliphatic heterocycles. The third-order valence-corrected chi connectivity index (χ3v) is 2.79. The maximum Gasteiger partial charge on any atom is 0.332 e. The van der Waals surface area contributed by atoms with Gasteiger partial charge in [0, 0.05) is 12.6 Å². The van der Waals surface area contributed by atoms with Crippen molar-refractivity contribution in [1.82, 2.24) is 5.32 Å². The Morgan fingerprint density at radius 2 is 2.29 bits per heavy atom. The second kappa shape index (κ2) is 6.56. The molecule has 17 heavy (non-hydrogen) atoms. The summed E-state index contributed by atoms with van der Waals surface area (Å²) in [5, 5.41) is 2.76. The van der Waals surface area contributed by atoms with Crippen molar-refractivity contribution in [1.29, 1.82) is 0 Å². The summed E-state index contributed by atoms with van der Waals surface area (Å²) in [5.41, 5.74) is 5.49. The van der Waals surface area contributed by atoms with Gasteiger partial charge in [0.2, 0.25) is 5.91 Å². The lowest BCUT2D eigenvalue weighted by Gasteiger charge is -2.30. The van der Waals surface area contributed by atoms with E-state index in [1.165, 1.54) is 0 Å². The van der Waals surface area contributed by atoms with Crippen molar-refractivity contribution in [2.24, 2.45) is 11.7 Å². The molecular formula is C11H20N2O4. The molecule has 1 heterocycles. The van der Waals surface area contributed by atoms with Gasteiger partial charge >= 0.3 is 5.97 Å². The fraction of sp³-hybridized carbons (Fsp3) is 0.818. The van der Waals surface area contributed by atoms with E-state index in [0.717, 1.165) is 6.42 Å². The Hall–Kier alpha value is -1.14. The molecule has 0 spiro atoms. The molecule has 1 rings (SSSR count). The minimum absolute atomic E-state index is 0.0109. The van der Waals surface area contributed by atoms with E-state index in [-0.39, 0.29) is 18.6 Å². The maximum atomic E-state index is 11.7. The van der Waals surface area contributed by atoms with E-state index in [0.29, 0.717) is 13.2 Å². The summed E-state index contributed by atoms with van der Waals surface area (Å²) in [6.45, 7) is 5.10. The molecule has 98 valence electrons. The molecule has 3 atom stereocenters. The summed E-state index contributed by atoms with van der Waals surface area (Å²) in [5.74, 6) is -0.950. The molecule has 6 nitrogen and oxygen atoms in total. The van der Waals surface area contributed by atoms with Crippen LogP contribution in [-0.4, -0.2) is 43.8 Å². The Morgan fingerprint density at radius 3 is 2.88 bits per heavy atom. The second-order valence-corrected chi connectivity index (χ2v) is 4.19. The largest absolute Gasteiger partial charge is 0.464 e. The zero-order valence-electron chi connectivity index (χ0n) is 10.3. The topological polar surface area (TPSA) is 90.7 Å². The molecule has 0 aromatic carbocycles. The van der Waals surface area contributed by atoms with Gasteiger partial charge in [-0.1, -0.05) is 6.92 Å². The van der Waals surface area contributed by atoms with E-state index < -0.39 is 17.9 Å². The van der Waals surface area contributed by atoms with Gasteiger partial charge in [0.25, 0.3) is 0 Å². The summed E-state index contributed by atoms with van der Waals surface area (Å²) in [4.78, 5) is 23.0. The average molecular weight is 244 g/mol. The monoisotopic (exact) mass is 244 g/mol. The Balaban J connectivity index is 2.44. The Labute approximate surface area is 101 Å². The van der Waals surface area contributed by atoms with Crippen LogP contribution in [0.5, 0.6) is 0 Å². The lowest BCUT2D eigenvalue weighted by molar-refractivity contribution is -0.148. The van der Waals surface area contributed by atoms with Crippen LogP contribution in [0.2, 0.25) is 0 Å². The van der Waals surface area contributed by atoms with Crippen molar-refractivity contribution >= 4 is 11.9 Å². The van der Waals surface area contributed by atoms with Gasteiger partial charge in [0.1, 0.15) is 0 Å². The normalized spacial score (nSPS) is 26.1. The van der Waals surface area contributed by atoms with E-state index in [9.17, 15) is 9.59 Å². The Kier molecular flexibility index (Phi) is 5.37. The summed E-state index contributed by atoms with van der Waals surface area (Å²) in [7, 11) is 0. The minimum Gasteiger partial charge on any atom is -0.464 e. The van der Waals surface area contributed by atoms with E-state index in [1.54, 1.807) is 6.92 Å². The Bertz CT molecular complexity index is 283. The number of carbonyl (C=O) groups excluding carboxylic acids is 2. The van der Waals surface area contributed by atoms with Crippen LogP contribution >= 0.6 is 0 Å². The van der Waals surface area contributed by atoms with Gasteiger partial charge in [0.15, 0.2) is 6.04 Å². The highest BCUT2D eigenvalue weighted by molar-refractivity contribution is 6.01. The van der Waals surface area contributed by atoms with Crippen LogP contribution in [-0.2, 0) is 19.1 Å². The van der Waals surface area contributed by atoms with Crippen LogP contribution in [0.1, 0.15) is 20.3 Å². The van der Waals surface area contributed by atoms with Gasteiger partial charge in [-0.05, 0) is 19.3 Å².